The normalized spacial score (nSPS) is 15.1. The molecule has 3 rings (SSSR count). The summed E-state index contributed by atoms with van der Waals surface area (Å²) in [7, 11) is 0. The molecule has 0 unspecified atom stereocenters. The van der Waals surface area contributed by atoms with Crippen LogP contribution in [0, 0.1) is 12.8 Å². The molecule has 2 aromatic carbocycles. The minimum absolute atomic E-state index is 0.367. The van der Waals surface area contributed by atoms with E-state index in [1.165, 1.54) is 11.1 Å². The smallest absolute Gasteiger partial charge is 0.309 e. The molecule has 2 N–H and O–H groups in total. The Hall–Kier alpha value is -2.66. The standard InChI is InChI=1S/C24H31N3O2/c1-19-7-9-21(10-8-19)17-25-23(28)24(29)26-18-22-12-15-27(16-13-22)14-11-20-5-3-2-4-6-20/h2-10,22H,11-18H2,1H3,(H,25,28)(H,26,29). The van der Waals surface area contributed by atoms with Gasteiger partial charge in [-0.15, -0.1) is 0 Å². The van der Waals surface area contributed by atoms with Crippen LogP contribution in [-0.4, -0.2) is 42.9 Å². The van der Waals surface area contributed by atoms with Gasteiger partial charge in [0, 0.05) is 19.6 Å². The van der Waals surface area contributed by atoms with E-state index in [4.69, 9.17) is 0 Å². The maximum Gasteiger partial charge on any atom is 0.309 e. The lowest BCUT2D eigenvalue weighted by Crippen LogP contribution is -2.43. The predicted octanol–water partition coefficient (Wildman–Crippen LogP) is 2.68. The summed E-state index contributed by atoms with van der Waals surface area (Å²) in [5.41, 5.74) is 3.53. The molecule has 29 heavy (non-hydrogen) atoms. The number of amides is 2. The Labute approximate surface area is 173 Å². The van der Waals surface area contributed by atoms with Crippen LogP contribution in [0.1, 0.15) is 29.5 Å². The number of hydrogen-bond acceptors (Lipinski definition) is 3. The van der Waals surface area contributed by atoms with Crippen molar-refractivity contribution in [1.29, 1.82) is 0 Å². The van der Waals surface area contributed by atoms with Gasteiger partial charge in [-0.3, -0.25) is 9.59 Å². The quantitative estimate of drug-likeness (QED) is 0.711. The molecule has 0 aromatic heterocycles. The summed E-state index contributed by atoms with van der Waals surface area (Å²) in [6.07, 6.45) is 3.18. The van der Waals surface area contributed by atoms with E-state index in [1.807, 2.05) is 37.3 Å². The van der Waals surface area contributed by atoms with Crippen LogP contribution < -0.4 is 10.6 Å². The third kappa shape index (κ3) is 7.02. The van der Waals surface area contributed by atoms with Crippen LogP contribution in [-0.2, 0) is 22.6 Å². The minimum atomic E-state index is -0.564. The molecule has 1 fully saturated rings. The molecule has 0 spiro atoms. The molecular weight excluding hydrogens is 362 g/mol. The van der Waals surface area contributed by atoms with Gasteiger partial charge in [-0.1, -0.05) is 60.2 Å². The van der Waals surface area contributed by atoms with Crippen LogP contribution in [0.3, 0.4) is 0 Å². The summed E-state index contributed by atoms with van der Waals surface area (Å²) in [4.78, 5) is 26.5. The zero-order valence-corrected chi connectivity index (χ0v) is 17.2. The van der Waals surface area contributed by atoms with Crippen LogP contribution in [0.25, 0.3) is 0 Å². The lowest BCUT2D eigenvalue weighted by molar-refractivity contribution is -0.139. The van der Waals surface area contributed by atoms with Gasteiger partial charge < -0.3 is 15.5 Å². The van der Waals surface area contributed by atoms with Crippen LogP contribution in [0.5, 0.6) is 0 Å². The fourth-order valence-corrected chi connectivity index (χ4v) is 3.63. The fraction of sp³-hybridized carbons (Fsp3) is 0.417. The van der Waals surface area contributed by atoms with Gasteiger partial charge in [-0.05, 0) is 56.3 Å². The molecule has 0 radical (unpaired) electrons. The average Bonchev–Trinajstić information content (AvgIpc) is 2.77. The van der Waals surface area contributed by atoms with Crippen molar-refractivity contribution in [3.8, 4) is 0 Å². The minimum Gasteiger partial charge on any atom is -0.348 e. The first kappa shape index (κ1) is 21.1. The number of likely N-dealkylation sites (tertiary alicyclic amines) is 1. The van der Waals surface area contributed by atoms with Crippen molar-refractivity contribution in [3.05, 3.63) is 71.3 Å². The highest BCUT2D eigenvalue weighted by Crippen LogP contribution is 2.16. The number of hydrogen-bond donors (Lipinski definition) is 2. The first-order chi connectivity index (χ1) is 14.1. The number of piperidine rings is 1. The summed E-state index contributed by atoms with van der Waals surface area (Å²) >= 11 is 0. The average molecular weight is 394 g/mol. The Morgan fingerprint density at radius 3 is 2.24 bits per heavy atom. The second-order valence-electron chi connectivity index (χ2n) is 7.90. The zero-order chi connectivity index (χ0) is 20.5. The predicted molar refractivity (Wildman–Crippen MR) is 115 cm³/mol. The van der Waals surface area contributed by atoms with Crippen molar-refractivity contribution in [2.24, 2.45) is 5.92 Å². The van der Waals surface area contributed by atoms with Gasteiger partial charge in [-0.2, -0.15) is 0 Å². The fourth-order valence-electron chi connectivity index (χ4n) is 3.63. The maximum absolute atomic E-state index is 12.1. The third-order valence-electron chi connectivity index (χ3n) is 5.60. The molecule has 5 nitrogen and oxygen atoms in total. The molecule has 0 aliphatic carbocycles. The van der Waals surface area contributed by atoms with Crippen molar-refractivity contribution in [1.82, 2.24) is 15.5 Å². The van der Waals surface area contributed by atoms with Crippen molar-refractivity contribution < 1.29 is 9.59 Å². The summed E-state index contributed by atoms with van der Waals surface area (Å²) in [5.74, 6) is -0.661. The molecule has 0 atom stereocenters. The van der Waals surface area contributed by atoms with Gasteiger partial charge in [-0.25, -0.2) is 0 Å². The van der Waals surface area contributed by atoms with Crippen LogP contribution in [0.2, 0.25) is 0 Å². The first-order valence-corrected chi connectivity index (χ1v) is 10.5. The number of nitrogens with one attached hydrogen (secondary N) is 2. The number of aryl methyl sites for hydroxylation is 1. The molecule has 1 aliphatic rings. The highest BCUT2D eigenvalue weighted by atomic mass is 16.2. The summed E-state index contributed by atoms with van der Waals surface area (Å²) in [6.45, 7) is 6.13. The Bertz CT molecular complexity index is 782. The molecule has 154 valence electrons. The van der Waals surface area contributed by atoms with E-state index in [-0.39, 0.29) is 0 Å². The summed E-state index contributed by atoms with van der Waals surface area (Å²) < 4.78 is 0. The lowest BCUT2D eigenvalue weighted by atomic mass is 9.96. The lowest BCUT2D eigenvalue weighted by Gasteiger charge is -2.32. The maximum atomic E-state index is 12.1. The van der Waals surface area contributed by atoms with E-state index in [0.29, 0.717) is 19.0 Å². The molecule has 2 aromatic rings. The molecule has 0 bridgehead atoms. The number of benzene rings is 2. The summed E-state index contributed by atoms with van der Waals surface area (Å²) in [5, 5.41) is 5.49. The van der Waals surface area contributed by atoms with Gasteiger partial charge in [0.1, 0.15) is 0 Å². The highest BCUT2D eigenvalue weighted by Gasteiger charge is 2.21. The molecule has 2 amide bonds. The number of carbonyl (C=O) groups excluding carboxylic acids is 2. The molecule has 1 heterocycles. The van der Waals surface area contributed by atoms with E-state index in [1.54, 1.807) is 0 Å². The van der Waals surface area contributed by atoms with Gasteiger partial charge >= 0.3 is 11.8 Å². The van der Waals surface area contributed by atoms with E-state index < -0.39 is 11.8 Å². The van der Waals surface area contributed by atoms with E-state index in [2.05, 4.69) is 39.8 Å². The van der Waals surface area contributed by atoms with Crippen molar-refractivity contribution >= 4 is 11.8 Å². The highest BCUT2D eigenvalue weighted by molar-refractivity contribution is 6.35. The summed E-state index contributed by atoms with van der Waals surface area (Å²) in [6, 6.07) is 18.5. The third-order valence-corrected chi connectivity index (χ3v) is 5.60. The number of rotatable bonds is 7. The van der Waals surface area contributed by atoms with Gasteiger partial charge in [0.05, 0.1) is 0 Å². The Kier molecular flexibility index (Phi) is 7.82. The molecule has 0 saturated carbocycles. The van der Waals surface area contributed by atoms with Crippen molar-refractivity contribution in [2.75, 3.05) is 26.2 Å². The largest absolute Gasteiger partial charge is 0.348 e. The van der Waals surface area contributed by atoms with Crippen LogP contribution in [0.4, 0.5) is 0 Å². The molecule has 5 heteroatoms. The Balaban J connectivity index is 1.30. The van der Waals surface area contributed by atoms with E-state index in [0.717, 1.165) is 44.5 Å². The van der Waals surface area contributed by atoms with E-state index in [9.17, 15) is 9.59 Å². The van der Waals surface area contributed by atoms with Crippen LogP contribution in [0.15, 0.2) is 54.6 Å². The van der Waals surface area contributed by atoms with Gasteiger partial charge in [0.2, 0.25) is 0 Å². The zero-order valence-electron chi connectivity index (χ0n) is 17.2. The molecule has 1 aliphatic heterocycles. The topological polar surface area (TPSA) is 61.4 Å². The Morgan fingerprint density at radius 2 is 1.55 bits per heavy atom. The Morgan fingerprint density at radius 1 is 0.897 bits per heavy atom. The number of carbonyl (C=O) groups is 2. The van der Waals surface area contributed by atoms with Crippen molar-refractivity contribution in [2.45, 2.75) is 32.7 Å². The van der Waals surface area contributed by atoms with Crippen LogP contribution >= 0.6 is 0 Å². The SMILES string of the molecule is Cc1ccc(CNC(=O)C(=O)NCC2CCN(CCc3ccccc3)CC2)cc1. The molecular formula is C24H31N3O2. The first-order valence-electron chi connectivity index (χ1n) is 10.5. The van der Waals surface area contributed by atoms with Crippen molar-refractivity contribution in [3.63, 3.8) is 0 Å². The van der Waals surface area contributed by atoms with Gasteiger partial charge in [0.25, 0.3) is 0 Å². The number of nitrogens with zero attached hydrogens (tertiary/aromatic N) is 1. The second kappa shape index (κ2) is 10.8. The monoisotopic (exact) mass is 393 g/mol. The second-order valence-corrected chi connectivity index (χ2v) is 7.90. The molecule has 1 saturated heterocycles. The van der Waals surface area contributed by atoms with Gasteiger partial charge in [0.15, 0.2) is 0 Å². The van der Waals surface area contributed by atoms with E-state index >= 15 is 0 Å².